The van der Waals surface area contributed by atoms with E-state index < -0.39 is 23.2 Å². The molecule has 36 heavy (non-hydrogen) atoms. The van der Waals surface area contributed by atoms with Crippen LogP contribution in [0.25, 0.3) is 11.0 Å². The first kappa shape index (κ1) is 23.7. The molecular weight excluding hydrogens is 464 g/mol. The van der Waals surface area contributed by atoms with Gasteiger partial charge in [0.15, 0.2) is 5.43 Å². The van der Waals surface area contributed by atoms with Crippen molar-refractivity contribution < 1.29 is 22.7 Å². The molecule has 0 fully saturated rings. The van der Waals surface area contributed by atoms with Crippen molar-refractivity contribution in [3.8, 4) is 5.75 Å². The smallest absolute Gasteiger partial charge is 0.291 e. The molecule has 5 rings (SSSR count). The number of rotatable bonds is 8. The average molecular weight is 490 g/mol. The van der Waals surface area contributed by atoms with Gasteiger partial charge in [0.25, 0.3) is 5.91 Å². The van der Waals surface area contributed by atoms with Gasteiger partial charge in [0, 0.05) is 6.54 Å². The second-order valence-corrected chi connectivity index (χ2v) is 8.90. The van der Waals surface area contributed by atoms with Crippen molar-refractivity contribution in [1.29, 1.82) is 0 Å². The summed E-state index contributed by atoms with van der Waals surface area (Å²) in [7, 11) is 0. The maximum atomic E-state index is 14.0. The number of nitrogens with zero attached hydrogens (tertiary/aromatic N) is 1. The summed E-state index contributed by atoms with van der Waals surface area (Å²) in [6, 6.07) is 16.0. The van der Waals surface area contributed by atoms with E-state index in [0.29, 0.717) is 23.5 Å². The van der Waals surface area contributed by atoms with Crippen molar-refractivity contribution in [1.82, 2.24) is 4.90 Å². The fraction of sp³-hybridized carbons (Fsp3) is 0.241. The number of halogens is 2. The van der Waals surface area contributed by atoms with Crippen molar-refractivity contribution in [2.45, 2.75) is 38.8 Å². The number of benzene rings is 3. The molecule has 3 aromatic carbocycles. The van der Waals surface area contributed by atoms with Crippen molar-refractivity contribution >= 4 is 16.9 Å². The molecule has 1 aliphatic rings. The Morgan fingerprint density at radius 1 is 0.944 bits per heavy atom. The standard InChI is InChI=1S/C29H25F2NO4/c1-2-3-4-14-35-22-7-5-6-19(15-22)26-25-27(33)23-16-21(31)12-13-24(23)36-28(25)29(34)32(26)17-18-8-10-20(30)11-9-18/h5-13,15-16,26H,2-4,14,17H2,1H3. The quantitative estimate of drug-likeness (QED) is 0.269. The monoisotopic (exact) mass is 489 g/mol. The highest BCUT2D eigenvalue weighted by Crippen LogP contribution is 2.40. The molecule has 5 nitrogen and oxygen atoms in total. The van der Waals surface area contributed by atoms with E-state index in [1.807, 2.05) is 24.3 Å². The van der Waals surface area contributed by atoms with Crippen LogP contribution in [-0.4, -0.2) is 17.4 Å². The molecule has 0 bridgehead atoms. The van der Waals surface area contributed by atoms with Gasteiger partial charge in [-0.1, -0.05) is 44.0 Å². The van der Waals surface area contributed by atoms with Gasteiger partial charge in [-0.05, 0) is 60.0 Å². The summed E-state index contributed by atoms with van der Waals surface area (Å²) in [6.45, 7) is 2.80. The Morgan fingerprint density at radius 3 is 2.50 bits per heavy atom. The molecule has 0 spiro atoms. The number of amides is 1. The summed E-state index contributed by atoms with van der Waals surface area (Å²) in [5.74, 6) is -0.856. The molecule has 1 aliphatic heterocycles. The minimum Gasteiger partial charge on any atom is -0.494 e. The lowest BCUT2D eigenvalue weighted by Gasteiger charge is -2.25. The number of ether oxygens (including phenoxy) is 1. The molecule has 1 amide bonds. The second-order valence-electron chi connectivity index (χ2n) is 8.90. The highest BCUT2D eigenvalue weighted by atomic mass is 19.1. The van der Waals surface area contributed by atoms with E-state index in [1.165, 1.54) is 29.2 Å². The SMILES string of the molecule is CCCCCOc1cccc(C2c3c(oc4ccc(F)cc4c3=O)C(=O)N2Cc2ccc(F)cc2)c1. The van der Waals surface area contributed by atoms with Gasteiger partial charge in [-0.3, -0.25) is 9.59 Å². The molecule has 1 unspecified atom stereocenters. The molecule has 0 aliphatic carbocycles. The van der Waals surface area contributed by atoms with Crippen molar-refractivity contribution in [3.63, 3.8) is 0 Å². The first-order chi connectivity index (χ1) is 17.5. The Morgan fingerprint density at radius 2 is 1.72 bits per heavy atom. The van der Waals surface area contributed by atoms with Gasteiger partial charge in [0.1, 0.15) is 23.0 Å². The van der Waals surface area contributed by atoms with Crippen LogP contribution in [0.4, 0.5) is 8.78 Å². The van der Waals surface area contributed by atoms with Crippen LogP contribution in [0.2, 0.25) is 0 Å². The van der Waals surface area contributed by atoms with Gasteiger partial charge in [0.2, 0.25) is 5.76 Å². The van der Waals surface area contributed by atoms with Crippen molar-refractivity contribution in [2.24, 2.45) is 0 Å². The predicted octanol–water partition coefficient (Wildman–Crippen LogP) is 6.39. The van der Waals surface area contributed by atoms with Crippen molar-refractivity contribution in [3.05, 3.63) is 111 Å². The van der Waals surface area contributed by atoms with E-state index in [4.69, 9.17) is 9.15 Å². The van der Waals surface area contributed by atoms with Crippen LogP contribution >= 0.6 is 0 Å². The Balaban J connectivity index is 1.61. The number of hydrogen-bond acceptors (Lipinski definition) is 4. The van der Waals surface area contributed by atoms with E-state index in [2.05, 4.69) is 6.92 Å². The minimum atomic E-state index is -0.777. The van der Waals surface area contributed by atoms with Gasteiger partial charge in [-0.2, -0.15) is 0 Å². The summed E-state index contributed by atoms with van der Waals surface area (Å²) < 4.78 is 39.2. The lowest BCUT2D eigenvalue weighted by Crippen LogP contribution is -2.29. The fourth-order valence-electron chi connectivity index (χ4n) is 4.61. The Kier molecular flexibility index (Phi) is 6.55. The molecule has 0 N–H and O–H groups in total. The van der Waals surface area contributed by atoms with Crippen LogP contribution in [0, 0.1) is 11.6 Å². The Labute approximate surface area is 206 Å². The van der Waals surface area contributed by atoms with Crippen LogP contribution in [0.5, 0.6) is 5.75 Å². The molecule has 4 aromatic rings. The third-order valence-electron chi connectivity index (χ3n) is 6.38. The first-order valence-corrected chi connectivity index (χ1v) is 12.0. The zero-order chi connectivity index (χ0) is 25.2. The summed E-state index contributed by atoms with van der Waals surface area (Å²) >= 11 is 0. The van der Waals surface area contributed by atoms with Gasteiger partial charge < -0.3 is 14.1 Å². The second kappa shape index (κ2) is 9.93. The van der Waals surface area contributed by atoms with Crippen LogP contribution in [-0.2, 0) is 6.54 Å². The molecule has 184 valence electrons. The van der Waals surface area contributed by atoms with Gasteiger partial charge in [0.05, 0.1) is 23.6 Å². The lowest BCUT2D eigenvalue weighted by molar-refractivity contribution is 0.0714. The number of carbonyl (C=O) groups excluding carboxylic acids is 1. The van der Waals surface area contributed by atoms with Crippen LogP contribution in [0.1, 0.15) is 59.5 Å². The molecule has 1 aromatic heterocycles. The summed E-state index contributed by atoms with van der Waals surface area (Å²) in [4.78, 5) is 28.7. The predicted molar refractivity (Wildman–Crippen MR) is 132 cm³/mol. The third-order valence-corrected chi connectivity index (χ3v) is 6.38. The molecule has 7 heteroatoms. The maximum Gasteiger partial charge on any atom is 0.291 e. The fourth-order valence-corrected chi connectivity index (χ4v) is 4.61. The zero-order valence-corrected chi connectivity index (χ0v) is 19.8. The molecular formula is C29H25F2NO4. The first-order valence-electron chi connectivity index (χ1n) is 12.0. The van der Waals surface area contributed by atoms with Crippen LogP contribution in [0.3, 0.4) is 0 Å². The van der Waals surface area contributed by atoms with Gasteiger partial charge in [-0.15, -0.1) is 0 Å². The number of hydrogen-bond donors (Lipinski definition) is 0. The topological polar surface area (TPSA) is 59.8 Å². The number of carbonyl (C=O) groups is 1. The zero-order valence-electron chi connectivity index (χ0n) is 19.8. The highest BCUT2D eigenvalue weighted by Gasteiger charge is 2.42. The van der Waals surface area contributed by atoms with Gasteiger partial charge >= 0.3 is 0 Å². The number of unbranched alkanes of at least 4 members (excludes halogenated alkanes) is 2. The maximum absolute atomic E-state index is 14.0. The number of fused-ring (bicyclic) bond motifs is 2. The van der Waals surface area contributed by atoms with E-state index in [-0.39, 0.29) is 34.7 Å². The molecule has 0 saturated heterocycles. The lowest BCUT2D eigenvalue weighted by atomic mass is 9.98. The van der Waals surface area contributed by atoms with Crippen molar-refractivity contribution in [2.75, 3.05) is 6.61 Å². The molecule has 0 radical (unpaired) electrons. The Hall–Kier alpha value is -4.00. The van der Waals surface area contributed by atoms with Gasteiger partial charge in [-0.25, -0.2) is 8.78 Å². The van der Waals surface area contributed by atoms with E-state index >= 15 is 0 Å². The van der Waals surface area contributed by atoms with E-state index in [9.17, 15) is 18.4 Å². The van der Waals surface area contributed by atoms with E-state index in [1.54, 1.807) is 12.1 Å². The highest BCUT2D eigenvalue weighted by molar-refractivity contribution is 5.99. The molecule has 1 atom stereocenters. The molecule has 2 heterocycles. The largest absolute Gasteiger partial charge is 0.494 e. The third kappa shape index (κ3) is 4.49. The average Bonchev–Trinajstić information content (AvgIpc) is 3.15. The van der Waals surface area contributed by atoms with Crippen LogP contribution < -0.4 is 10.2 Å². The van der Waals surface area contributed by atoms with Crippen LogP contribution in [0.15, 0.2) is 75.9 Å². The summed E-state index contributed by atoms with van der Waals surface area (Å²) in [5.41, 5.74) is 1.20. The molecule has 0 saturated carbocycles. The normalized spacial score (nSPS) is 14.9. The van der Waals surface area contributed by atoms with E-state index in [0.717, 1.165) is 25.3 Å². The minimum absolute atomic E-state index is 0.0690. The summed E-state index contributed by atoms with van der Waals surface area (Å²) in [5, 5.41) is 0.0714. The summed E-state index contributed by atoms with van der Waals surface area (Å²) in [6.07, 6.45) is 3.05. The Bertz CT molecular complexity index is 1480.